The number of phenols is 1. The minimum Gasteiger partial charge on any atom is -0.508 e. The molecular weight excluding hydrogens is 383 g/mol. The molecule has 4 rings (SSSR count). The molecule has 0 fully saturated rings. The summed E-state index contributed by atoms with van der Waals surface area (Å²) in [6.45, 7) is 5.80. The highest BCUT2D eigenvalue weighted by Crippen LogP contribution is 2.41. The van der Waals surface area contributed by atoms with E-state index in [4.69, 9.17) is 0 Å². The first-order valence-corrected chi connectivity index (χ1v) is 9.60. The molecule has 5 nitrogen and oxygen atoms in total. The molecule has 0 unspecified atom stereocenters. The summed E-state index contributed by atoms with van der Waals surface area (Å²) < 4.78 is 16.0. The number of carboxylic acids is 1. The molecule has 0 saturated carbocycles. The molecule has 6 heteroatoms. The van der Waals surface area contributed by atoms with Gasteiger partial charge in [0, 0.05) is 40.3 Å². The van der Waals surface area contributed by atoms with Crippen LogP contribution in [0.5, 0.6) is 5.75 Å². The Kier molecular flexibility index (Phi) is 4.78. The van der Waals surface area contributed by atoms with Crippen molar-refractivity contribution in [2.45, 2.75) is 26.7 Å². The topological polar surface area (TPSA) is 75.4 Å². The van der Waals surface area contributed by atoms with Gasteiger partial charge in [0.2, 0.25) is 0 Å². The molecule has 0 aliphatic heterocycles. The van der Waals surface area contributed by atoms with E-state index in [2.05, 4.69) is 4.98 Å². The maximum absolute atomic E-state index is 13.9. The van der Waals surface area contributed by atoms with Crippen molar-refractivity contribution in [1.82, 2.24) is 9.55 Å². The molecule has 152 valence electrons. The van der Waals surface area contributed by atoms with E-state index in [-0.39, 0.29) is 23.0 Å². The Balaban J connectivity index is 2.14. The molecule has 0 atom stereocenters. The average Bonchev–Trinajstić information content (AvgIpc) is 3.04. The minimum absolute atomic E-state index is 0.0494. The maximum atomic E-state index is 13.9. The van der Waals surface area contributed by atoms with Crippen LogP contribution in [-0.2, 0) is 0 Å². The zero-order valence-electron chi connectivity index (χ0n) is 16.8. The second-order valence-electron chi connectivity index (χ2n) is 7.65. The Morgan fingerprint density at radius 2 is 1.87 bits per heavy atom. The summed E-state index contributed by atoms with van der Waals surface area (Å²) >= 11 is 0. The van der Waals surface area contributed by atoms with Gasteiger partial charge >= 0.3 is 5.97 Å². The van der Waals surface area contributed by atoms with E-state index in [9.17, 15) is 19.4 Å². The molecule has 30 heavy (non-hydrogen) atoms. The first kappa shape index (κ1) is 19.6. The minimum atomic E-state index is -1.06. The first-order valence-electron chi connectivity index (χ1n) is 9.60. The fourth-order valence-corrected chi connectivity index (χ4v) is 3.89. The summed E-state index contributed by atoms with van der Waals surface area (Å²) in [6.07, 6.45) is 2.93. The number of carboxylic acid groups (broad SMARTS) is 1. The van der Waals surface area contributed by atoms with Crippen LogP contribution in [0.3, 0.4) is 0 Å². The van der Waals surface area contributed by atoms with Crippen molar-refractivity contribution >= 4 is 16.9 Å². The highest BCUT2D eigenvalue weighted by atomic mass is 19.1. The zero-order chi connectivity index (χ0) is 21.6. The molecule has 0 spiro atoms. The van der Waals surface area contributed by atoms with Gasteiger partial charge in [0.05, 0.1) is 11.1 Å². The van der Waals surface area contributed by atoms with Gasteiger partial charge in [-0.25, -0.2) is 9.18 Å². The molecule has 0 aliphatic carbocycles. The zero-order valence-corrected chi connectivity index (χ0v) is 16.8. The van der Waals surface area contributed by atoms with Crippen molar-refractivity contribution in [2.24, 2.45) is 0 Å². The molecule has 0 aliphatic rings. The second kappa shape index (κ2) is 7.30. The number of aromatic hydroxyl groups is 1. The predicted molar refractivity (Wildman–Crippen MR) is 114 cm³/mol. The number of pyridine rings is 1. The lowest BCUT2D eigenvalue weighted by molar-refractivity contribution is 0.0696. The number of hydrogen-bond donors (Lipinski definition) is 2. The fraction of sp³-hybridized carbons (Fsp3) is 0.167. The maximum Gasteiger partial charge on any atom is 0.337 e. The van der Waals surface area contributed by atoms with E-state index < -0.39 is 5.97 Å². The SMILES string of the molecule is Cc1cc(-n2c(C(C)C)c(-c3cncc(C(=O)O)c3)c3cc(O)ccc32)ccc1F. The molecule has 2 aromatic carbocycles. The lowest BCUT2D eigenvalue weighted by Gasteiger charge is -2.16. The Morgan fingerprint density at radius 3 is 2.53 bits per heavy atom. The van der Waals surface area contributed by atoms with Crippen LogP contribution in [0.2, 0.25) is 0 Å². The van der Waals surface area contributed by atoms with E-state index in [1.54, 1.807) is 43.5 Å². The van der Waals surface area contributed by atoms with Gasteiger partial charge in [-0.2, -0.15) is 0 Å². The van der Waals surface area contributed by atoms with Gasteiger partial charge in [0.1, 0.15) is 11.6 Å². The van der Waals surface area contributed by atoms with E-state index in [0.29, 0.717) is 11.1 Å². The van der Waals surface area contributed by atoms with Crippen LogP contribution in [0.15, 0.2) is 54.9 Å². The van der Waals surface area contributed by atoms with Crippen molar-refractivity contribution in [2.75, 3.05) is 0 Å². The molecule has 4 aromatic rings. The predicted octanol–water partition coefficient (Wildman–Crippen LogP) is 5.67. The van der Waals surface area contributed by atoms with Crippen molar-refractivity contribution in [3.05, 3.63) is 77.5 Å². The second-order valence-corrected chi connectivity index (χ2v) is 7.65. The number of benzene rings is 2. The van der Waals surface area contributed by atoms with Gasteiger partial charge in [-0.1, -0.05) is 13.8 Å². The van der Waals surface area contributed by atoms with Crippen LogP contribution < -0.4 is 0 Å². The van der Waals surface area contributed by atoms with Crippen LogP contribution in [0, 0.1) is 12.7 Å². The van der Waals surface area contributed by atoms with Crippen molar-refractivity contribution in [1.29, 1.82) is 0 Å². The number of carbonyl (C=O) groups is 1. The van der Waals surface area contributed by atoms with Crippen molar-refractivity contribution < 1.29 is 19.4 Å². The van der Waals surface area contributed by atoms with Gasteiger partial charge in [-0.15, -0.1) is 0 Å². The third-order valence-electron chi connectivity index (χ3n) is 5.21. The smallest absolute Gasteiger partial charge is 0.337 e. The van der Waals surface area contributed by atoms with E-state index in [0.717, 1.165) is 27.8 Å². The number of fused-ring (bicyclic) bond motifs is 1. The van der Waals surface area contributed by atoms with Gasteiger partial charge in [0.15, 0.2) is 0 Å². The Labute approximate surface area is 173 Å². The summed E-state index contributed by atoms with van der Waals surface area (Å²) in [6, 6.07) is 11.6. The number of aromatic nitrogens is 2. The van der Waals surface area contributed by atoms with Gasteiger partial charge < -0.3 is 14.8 Å². The quantitative estimate of drug-likeness (QED) is 0.460. The summed E-state index contributed by atoms with van der Waals surface area (Å²) in [5, 5.41) is 20.3. The third kappa shape index (κ3) is 3.20. The van der Waals surface area contributed by atoms with E-state index >= 15 is 0 Å². The van der Waals surface area contributed by atoms with Gasteiger partial charge in [0.25, 0.3) is 0 Å². The number of hydrogen-bond acceptors (Lipinski definition) is 3. The monoisotopic (exact) mass is 404 g/mol. The summed E-state index contributed by atoms with van der Waals surface area (Å²) in [5.41, 5.74) is 4.60. The van der Waals surface area contributed by atoms with Crippen molar-refractivity contribution in [3.63, 3.8) is 0 Å². The molecular formula is C24H21FN2O3. The number of nitrogens with zero attached hydrogens (tertiary/aromatic N) is 2. The van der Waals surface area contributed by atoms with Crippen LogP contribution in [0.4, 0.5) is 4.39 Å². The highest BCUT2D eigenvalue weighted by Gasteiger charge is 2.23. The Hall–Kier alpha value is -3.67. The van der Waals surface area contributed by atoms with Crippen LogP contribution in [0.1, 0.15) is 41.4 Å². The lowest BCUT2D eigenvalue weighted by atomic mass is 9.97. The van der Waals surface area contributed by atoms with Gasteiger partial charge in [-0.05, 0) is 60.9 Å². The van der Waals surface area contributed by atoms with Crippen LogP contribution in [-0.4, -0.2) is 25.7 Å². The highest BCUT2D eigenvalue weighted by molar-refractivity contribution is 6.01. The standard InChI is InChI=1S/C24H21FN2O3/c1-13(2)23-22(15-9-16(24(29)30)12-26-11-15)19-10-18(28)5-7-21(19)27(23)17-4-6-20(25)14(3)8-17/h4-13,28H,1-3H3,(H,29,30). The molecule has 0 amide bonds. The Morgan fingerprint density at radius 1 is 1.10 bits per heavy atom. The third-order valence-corrected chi connectivity index (χ3v) is 5.21. The largest absolute Gasteiger partial charge is 0.508 e. The van der Waals surface area contributed by atoms with E-state index in [1.807, 2.05) is 24.5 Å². The number of rotatable bonds is 4. The molecule has 0 radical (unpaired) electrons. The summed E-state index contributed by atoms with van der Waals surface area (Å²) in [4.78, 5) is 15.6. The molecule has 0 saturated heterocycles. The average molecular weight is 404 g/mol. The fourth-order valence-electron chi connectivity index (χ4n) is 3.89. The number of aromatic carboxylic acids is 1. The molecule has 2 N–H and O–H groups in total. The summed E-state index contributed by atoms with van der Waals surface area (Å²) in [5.74, 6) is -1.18. The number of halogens is 1. The molecule has 0 bridgehead atoms. The summed E-state index contributed by atoms with van der Waals surface area (Å²) in [7, 11) is 0. The number of phenolic OH excluding ortho intramolecular Hbond substituents is 1. The van der Waals surface area contributed by atoms with Gasteiger partial charge in [-0.3, -0.25) is 4.98 Å². The molecule has 2 aromatic heterocycles. The van der Waals surface area contributed by atoms with Crippen LogP contribution in [0.25, 0.3) is 27.7 Å². The normalized spacial score (nSPS) is 11.4. The molecule has 2 heterocycles. The Bertz CT molecular complexity index is 1290. The lowest BCUT2D eigenvalue weighted by Crippen LogP contribution is -2.04. The van der Waals surface area contributed by atoms with Crippen molar-refractivity contribution in [3.8, 4) is 22.6 Å². The first-order chi connectivity index (χ1) is 14.3. The number of aryl methyl sites for hydroxylation is 1. The van der Waals surface area contributed by atoms with E-state index in [1.165, 1.54) is 12.3 Å². The van der Waals surface area contributed by atoms with Crippen LogP contribution >= 0.6 is 0 Å².